The smallest absolute Gasteiger partial charge is 0.251 e. The minimum Gasteiger partial charge on any atom is -0.487 e. The summed E-state index contributed by atoms with van der Waals surface area (Å²) in [5, 5.41) is 6.02. The average molecular weight is 431 g/mol. The number of benzene rings is 2. The van der Waals surface area contributed by atoms with Crippen LogP contribution in [-0.2, 0) is 6.61 Å². The predicted octanol–water partition coefficient (Wildman–Crippen LogP) is 5.28. The number of halogens is 1. The van der Waals surface area contributed by atoms with Crippen molar-refractivity contribution < 1.29 is 9.53 Å². The third-order valence-electron chi connectivity index (χ3n) is 3.89. The third-order valence-corrected chi connectivity index (χ3v) is 5.43. The predicted molar refractivity (Wildman–Crippen MR) is 108 cm³/mol. The van der Waals surface area contributed by atoms with E-state index in [1.807, 2.05) is 43.5 Å². The van der Waals surface area contributed by atoms with E-state index in [2.05, 4.69) is 26.2 Å². The molecule has 2 aromatic carbocycles. The maximum Gasteiger partial charge on any atom is 0.251 e. The van der Waals surface area contributed by atoms with Crippen LogP contribution in [0.1, 0.15) is 39.6 Å². The van der Waals surface area contributed by atoms with E-state index in [4.69, 9.17) is 4.74 Å². The molecule has 1 N–H and O–H groups in total. The first-order chi connectivity index (χ1) is 12.5. The number of aromatic nitrogens is 1. The molecule has 0 aliphatic rings. The zero-order chi connectivity index (χ0) is 18.5. The zero-order valence-electron chi connectivity index (χ0n) is 14.5. The lowest BCUT2D eigenvalue weighted by Gasteiger charge is -2.16. The molecule has 6 heteroatoms. The van der Waals surface area contributed by atoms with Gasteiger partial charge in [0.05, 0.1) is 16.7 Å². The molecule has 4 nitrogen and oxygen atoms in total. The van der Waals surface area contributed by atoms with E-state index in [0.29, 0.717) is 17.9 Å². The quantitative estimate of drug-likeness (QED) is 0.578. The van der Waals surface area contributed by atoms with Crippen LogP contribution in [0, 0.1) is 6.92 Å². The minimum absolute atomic E-state index is 0.0955. The van der Waals surface area contributed by atoms with Crippen molar-refractivity contribution in [2.24, 2.45) is 0 Å². The number of hydrogen-bond donors (Lipinski definition) is 1. The first-order valence-electron chi connectivity index (χ1n) is 8.22. The number of nitrogens with zero attached hydrogens (tertiary/aromatic N) is 1. The Morgan fingerprint density at radius 3 is 2.62 bits per heavy atom. The number of hydrogen-bond acceptors (Lipinski definition) is 4. The summed E-state index contributed by atoms with van der Waals surface area (Å²) in [6, 6.07) is 14.9. The van der Waals surface area contributed by atoms with E-state index in [1.165, 1.54) is 0 Å². The molecule has 0 aliphatic heterocycles. The summed E-state index contributed by atoms with van der Waals surface area (Å²) in [7, 11) is 0. The molecular weight excluding hydrogens is 412 g/mol. The van der Waals surface area contributed by atoms with Crippen molar-refractivity contribution in [2.75, 3.05) is 0 Å². The Labute approximate surface area is 165 Å². The molecule has 0 unspecified atom stereocenters. The molecule has 1 heterocycles. The van der Waals surface area contributed by atoms with E-state index in [1.54, 1.807) is 35.6 Å². The summed E-state index contributed by atoms with van der Waals surface area (Å²) in [5.41, 5.74) is 2.55. The Morgan fingerprint density at radius 1 is 1.23 bits per heavy atom. The summed E-state index contributed by atoms with van der Waals surface area (Å²) >= 11 is 5.12. The Balaban J connectivity index is 1.59. The highest BCUT2D eigenvalue weighted by Crippen LogP contribution is 2.23. The Morgan fingerprint density at radius 2 is 1.96 bits per heavy atom. The van der Waals surface area contributed by atoms with Crippen molar-refractivity contribution in [2.45, 2.75) is 26.5 Å². The Hall–Kier alpha value is -2.18. The second kappa shape index (κ2) is 8.47. The highest BCUT2D eigenvalue weighted by Gasteiger charge is 2.13. The van der Waals surface area contributed by atoms with Crippen LogP contribution in [0.5, 0.6) is 5.75 Å². The van der Waals surface area contributed by atoms with Gasteiger partial charge in [0.2, 0.25) is 0 Å². The number of carbonyl (C=O) groups excluding carboxylic acids is 1. The zero-order valence-corrected chi connectivity index (χ0v) is 16.9. The third kappa shape index (κ3) is 4.71. The summed E-state index contributed by atoms with van der Waals surface area (Å²) < 4.78 is 6.69. The topological polar surface area (TPSA) is 51.2 Å². The van der Waals surface area contributed by atoms with Crippen LogP contribution in [0.15, 0.2) is 58.4 Å². The SMILES string of the molecule is Cc1nc(COc2ccc(C(=O)N[C@@H](C)c3ccccc3Br)cc2)cs1. The molecule has 0 spiro atoms. The second-order valence-electron chi connectivity index (χ2n) is 5.89. The van der Waals surface area contributed by atoms with Crippen molar-refractivity contribution in [3.05, 3.63) is 80.2 Å². The van der Waals surface area contributed by atoms with Gasteiger partial charge in [0.15, 0.2) is 0 Å². The first-order valence-corrected chi connectivity index (χ1v) is 9.89. The van der Waals surface area contributed by atoms with Crippen LogP contribution in [0.3, 0.4) is 0 Å². The summed E-state index contributed by atoms with van der Waals surface area (Å²) in [4.78, 5) is 16.8. The van der Waals surface area contributed by atoms with Crippen LogP contribution in [0.2, 0.25) is 0 Å². The summed E-state index contributed by atoms with van der Waals surface area (Å²) in [6.07, 6.45) is 0. The lowest BCUT2D eigenvalue weighted by atomic mass is 10.1. The fourth-order valence-electron chi connectivity index (χ4n) is 2.52. The van der Waals surface area contributed by atoms with Gasteiger partial charge in [0, 0.05) is 15.4 Å². The van der Waals surface area contributed by atoms with E-state index >= 15 is 0 Å². The Kier molecular flexibility index (Phi) is 6.06. The van der Waals surface area contributed by atoms with Crippen LogP contribution in [-0.4, -0.2) is 10.9 Å². The van der Waals surface area contributed by atoms with E-state index in [0.717, 1.165) is 20.7 Å². The number of aryl methyl sites for hydroxylation is 1. The molecule has 26 heavy (non-hydrogen) atoms. The van der Waals surface area contributed by atoms with Crippen molar-refractivity contribution in [3.63, 3.8) is 0 Å². The molecule has 3 rings (SSSR count). The van der Waals surface area contributed by atoms with E-state index in [-0.39, 0.29) is 11.9 Å². The van der Waals surface area contributed by atoms with Gasteiger partial charge in [-0.25, -0.2) is 4.98 Å². The molecule has 3 aromatic rings. The molecule has 0 aliphatic carbocycles. The molecule has 134 valence electrons. The standard InChI is InChI=1S/C20H19BrN2O2S/c1-13(18-5-3-4-6-19(18)21)22-20(24)15-7-9-17(10-8-15)25-11-16-12-26-14(2)23-16/h3-10,12-13H,11H2,1-2H3,(H,22,24)/t13-/m0/s1. The lowest BCUT2D eigenvalue weighted by molar-refractivity contribution is 0.0939. The van der Waals surface area contributed by atoms with Gasteiger partial charge in [-0.05, 0) is 49.7 Å². The van der Waals surface area contributed by atoms with Crippen molar-refractivity contribution in [1.29, 1.82) is 0 Å². The summed E-state index contributed by atoms with van der Waals surface area (Å²) in [5.74, 6) is 0.598. The van der Waals surface area contributed by atoms with E-state index < -0.39 is 0 Å². The van der Waals surface area contributed by atoms with Crippen LogP contribution in [0.4, 0.5) is 0 Å². The maximum absolute atomic E-state index is 12.5. The highest BCUT2D eigenvalue weighted by atomic mass is 79.9. The molecule has 0 saturated heterocycles. The molecule has 0 fully saturated rings. The van der Waals surface area contributed by atoms with Gasteiger partial charge in [0.25, 0.3) is 5.91 Å². The molecule has 1 amide bonds. The lowest BCUT2D eigenvalue weighted by Crippen LogP contribution is -2.26. The fourth-order valence-corrected chi connectivity index (χ4v) is 3.74. The number of rotatable bonds is 6. The van der Waals surface area contributed by atoms with Gasteiger partial charge in [0.1, 0.15) is 12.4 Å². The van der Waals surface area contributed by atoms with Gasteiger partial charge in [-0.15, -0.1) is 11.3 Å². The monoisotopic (exact) mass is 430 g/mol. The minimum atomic E-state index is -0.116. The van der Waals surface area contributed by atoms with Crippen LogP contribution < -0.4 is 10.1 Å². The molecule has 1 aromatic heterocycles. The fraction of sp³-hybridized carbons (Fsp3) is 0.200. The second-order valence-corrected chi connectivity index (χ2v) is 7.80. The number of nitrogens with one attached hydrogen (secondary N) is 1. The van der Waals surface area contributed by atoms with Gasteiger partial charge in [-0.1, -0.05) is 34.1 Å². The average Bonchev–Trinajstić information content (AvgIpc) is 3.06. The van der Waals surface area contributed by atoms with Gasteiger partial charge >= 0.3 is 0 Å². The van der Waals surface area contributed by atoms with Crippen LogP contribution in [0.25, 0.3) is 0 Å². The highest BCUT2D eigenvalue weighted by molar-refractivity contribution is 9.10. The van der Waals surface area contributed by atoms with Crippen molar-refractivity contribution in [3.8, 4) is 5.75 Å². The number of thiazole rings is 1. The number of amides is 1. The summed E-state index contributed by atoms with van der Waals surface area (Å²) in [6.45, 7) is 4.36. The Bertz CT molecular complexity index is 893. The van der Waals surface area contributed by atoms with Crippen LogP contribution >= 0.6 is 27.3 Å². The molecule has 1 atom stereocenters. The molecule has 0 radical (unpaired) electrons. The molecular formula is C20H19BrN2O2S. The maximum atomic E-state index is 12.5. The first kappa shape index (κ1) is 18.6. The largest absolute Gasteiger partial charge is 0.487 e. The van der Waals surface area contributed by atoms with Gasteiger partial charge < -0.3 is 10.1 Å². The van der Waals surface area contributed by atoms with Gasteiger partial charge in [-0.3, -0.25) is 4.79 Å². The number of ether oxygens (including phenoxy) is 1. The van der Waals surface area contributed by atoms with Gasteiger partial charge in [-0.2, -0.15) is 0 Å². The number of carbonyl (C=O) groups is 1. The van der Waals surface area contributed by atoms with Crippen molar-refractivity contribution in [1.82, 2.24) is 10.3 Å². The molecule has 0 bridgehead atoms. The van der Waals surface area contributed by atoms with E-state index in [9.17, 15) is 4.79 Å². The molecule has 0 saturated carbocycles. The normalized spacial score (nSPS) is 11.8. The van der Waals surface area contributed by atoms with Crippen molar-refractivity contribution >= 4 is 33.2 Å².